The largest absolute Gasteiger partial charge is 0.495 e. The van der Waals surface area contributed by atoms with Gasteiger partial charge in [0.1, 0.15) is 5.75 Å². The fourth-order valence-corrected chi connectivity index (χ4v) is 6.05. The molecule has 3 rings (SSSR count). The van der Waals surface area contributed by atoms with Crippen molar-refractivity contribution in [3.63, 3.8) is 0 Å². The van der Waals surface area contributed by atoms with Gasteiger partial charge in [-0.1, -0.05) is 29.3 Å². The highest BCUT2D eigenvalue weighted by atomic mass is 35.5. The van der Waals surface area contributed by atoms with Gasteiger partial charge in [0.05, 0.1) is 31.3 Å². The van der Waals surface area contributed by atoms with Crippen LogP contribution < -0.4 is 4.74 Å². The first-order valence-corrected chi connectivity index (χ1v) is 11.5. The number of allylic oxidation sites excluding steroid dienone is 2. The van der Waals surface area contributed by atoms with Crippen molar-refractivity contribution in [2.75, 3.05) is 13.7 Å². The normalized spacial score (nSPS) is 18.8. The van der Waals surface area contributed by atoms with Gasteiger partial charge < -0.3 is 19.7 Å². The Bertz CT molecular complexity index is 890. The first-order chi connectivity index (χ1) is 13.9. The van der Waals surface area contributed by atoms with Crippen LogP contribution in [0.25, 0.3) is 0 Å². The van der Waals surface area contributed by atoms with Gasteiger partial charge in [-0.3, -0.25) is 0 Å². The molecule has 9 heteroatoms. The van der Waals surface area contributed by atoms with Gasteiger partial charge in [-0.15, -0.1) is 22.7 Å². The molecule has 5 nitrogen and oxygen atoms in total. The molecule has 1 aliphatic rings. The molecule has 0 radical (unpaired) electrons. The van der Waals surface area contributed by atoms with Crippen molar-refractivity contribution >= 4 is 51.8 Å². The average molecular weight is 477 g/mol. The third kappa shape index (κ3) is 5.54. The quantitative estimate of drug-likeness (QED) is 0.468. The minimum atomic E-state index is -0.997. The Morgan fingerprint density at radius 1 is 1.28 bits per heavy atom. The van der Waals surface area contributed by atoms with Crippen LogP contribution in [0.3, 0.4) is 0 Å². The average Bonchev–Trinajstić information content (AvgIpc) is 3.37. The molecular weight excluding hydrogens is 455 g/mol. The Morgan fingerprint density at radius 2 is 2.07 bits per heavy atom. The van der Waals surface area contributed by atoms with E-state index in [-0.39, 0.29) is 23.3 Å². The Labute approximate surface area is 187 Å². The number of ether oxygens (including phenoxy) is 2. The number of hydrogen-bond donors (Lipinski definition) is 2. The fraction of sp³-hybridized carbons (Fsp3) is 0.450. The summed E-state index contributed by atoms with van der Waals surface area (Å²) in [5, 5.41) is 19.4. The van der Waals surface area contributed by atoms with Crippen LogP contribution in [-0.4, -0.2) is 29.9 Å². The van der Waals surface area contributed by atoms with Crippen LogP contribution in [0, 0.1) is 11.8 Å². The van der Waals surface area contributed by atoms with Crippen LogP contribution in [0.5, 0.6) is 5.75 Å². The van der Waals surface area contributed by atoms with Crippen LogP contribution in [0.1, 0.15) is 37.8 Å². The molecule has 2 heterocycles. The third-order valence-corrected chi connectivity index (χ3v) is 7.97. The van der Waals surface area contributed by atoms with Gasteiger partial charge in [-0.05, 0) is 43.2 Å². The van der Waals surface area contributed by atoms with E-state index in [1.165, 1.54) is 29.8 Å². The first kappa shape index (κ1) is 22.6. The highest BCUT2D eigenvalue weighted by Crippen LogP contribution is 2.39. The number of methoxy groups -OCH3 is 1. The number of aryl methyl sites for hydroxylation is 1. The molecule has 29 heavy (non-hydrogen) atoms. The lowest BCUT2D eigenvalue weighted by Crippen LogP contribution is -2.17. The summed E-state index contributed by atoms with van der Waals surface area (Å²) in [5.74, 6) is -0.122. The second kappa shape index (κ2) is 10.3. The molecule has 0 bridgehead atoms. The lowest BCUT2D eigenvalue weighted by Gasteiger charge is -2.20. The third-order valence-electron chi connectivity index (χ3n) is 4.96. The summed E-state index contributed by atoms with van der Waals surface area (Å²) >= 11 is 15.2. The van der Waals surface area contributed by atoms with E-state index < -0.39 is 5.97 Å². The maximum atomic E-state index is 11.2. The van der Waals surface area contributed by atoms with Crippen molar-refractivity contribution in [3.05, 3.63) is 47.8 Å². The van der Waals surface area contributed by atoms with Gasteiger partial charge in [-0.25, -0.2) is 4.79 Å². The molecule has 0 aliphatic heterocycles. The number of carboxylic acids is 1. The minimum Gasteiger partial charge on any atom is -0.495 e. The number of aromatic carboxylic acids is 1. The van der Waals surface area contributed by atoms with E-state index in [0.717, 1.165) is 39.6 Å². The summed E-state index contributed by atoms with van der Waals surface area (Å²) in [4.78, 5) is 13.4. The van der Waals surface area contributed by atoms with E-state index in [4.69, 9.17) is 32.7 Å². The lowest BCUT2D eigenvalue weighted by molar-refractivity contribution is 0.0699. The van der Waals surface area contributed by atoms with Crippen molar-refractivity contribution in [2.24, 2.45) is 11.8 Å². The number of halogens is 2. The van der Waals surface area contributed by atoms with E-state index in [9.17, 15) is 15.0 Å². The second-order valence-corrected chi connectivity index (χ2v) is 10.1. The summed E-state index contributed by atoms with van der Waals surface area (Å²) in [6.45, 7) is 0.843. The zero-order valence-electron chi connectivity index (χ0n) is 15.8. The number of aliphatic hydroxyl groups is 1. The summed E-state index contributed by atoms with van der Waals surface area (Å²) in [5.41, 5.74) is 0.770. The van der Waals surface area contributed by atoms with Crippen LogP contribution in [0.4, 0.5) is 0 Å². The molecule has 0 spiro atoms. The monoisotopic (exact) mass is 476 g/mol. The van der Waals surface area contributed by atoms with E-state index >= 15 is 0 Å². The highest BCUT2D eigenvalue weighted by Gasteiger charge is 2.29. The molecule has 0 unspecified atom stereocenters. The Morgan fingerprint density at radius 3 is 2.69 bits per heavy atom. The van der Waals surface area contributed by atoms with E-state index in [1.807, 2.05) is 6.07 Å². The van der Waals surface area contributed by atoms with Crippen molar-refractivity contribution in [1.29, 1.82) is 0 Å². The maximum absolute atomic E-state index is 11.2. The minimum absolute atomic E-state index is 0.0486. The standard InChI is InChI=1S/C20H22Cl2O5S2/c1-26-17-7-14(28-18(17)20(24)25)10-27-9-11-2-5-16(21)15(11)4-3-13-6-12(8-23)19(22)29-13/h5-7,11,15,23H,2-4,8-10H2,1H3,(H,24,25)/t11-,15-/m1/s1. The molecule has 0 saturated carbocycles. The summed E-state index contributed by atoms with van der Waals surface area (Å²) in [7, 11) is 1.46. The zero-order valence-corrected chi connectivity index (χ0v) is 19.0. The molecule has 0 amide bonds. The lowest BCUT2D eigenvalue weighted by atomic mass is 9.91. The van der Waals surface area contributed by atoms with E-state index in [0.29, 0.717) is 23.3 Å². The SMILES string of the molecule is COc1cc(COC[C@H]2CC=C(Cl)[C@@H]2CCc2cc(CO)c(Cl)s2)sc1C(=O)O. The molecule has 2 aromatic rings. The molecule has 0 saturated heterocycles. The van der Waals surface area contributed by atoms with Crippen molar-refractivity contribution in [1.82, 2.24) is 0 Å². The summed E-state index contributed by atoms with van der Waals surface area (Å²) in [6.07, 6.45) is 4.66. The number of hydrogen-bond acceptors (Lipinski definition) is 6. The fourth-order valence-electron chi connectivity index (χ4n) is 3.46. The summed E-state index contributed by atoms with van der Waals surface area (Å²) in [6, 6.07) is 3.67. The predicted molar refractivity (Wildman–Crippen MR) is 117 cm³/mol. The first-order valence-electron chi connectivity index (χ1n) is 9.14. The number of rotatable bonds is 10. The Hall–Kier alpha value is -1.09. The molecule has 2 atom stereocenters. The van der Waals surface area contributed by atoms with E-state index in [2.05, 4.69) is 6.08 Å². The molecule has 0 fully saturated rings. The molecule has 2 aromatic heterocycles. The Balaban J connectivity index is 1.53. The van der Waals surface area contributed by atoms with Gasteiger partial charge in [0.15, 0.2) is 4.88 Å². The van der Waals surface area contributed by atoms with Crippen molar-refractivity contribution < 1.29 is 24.5 Å². The maximum Gasteiger partial charge on any atom is 0.349 e. The number of aliphatic hydroxyl groups excluding tert-OH is 1. The van der Waals surface area contributed by atoms with Crippen molar-refractivity contribution in [2.45, 2.75) is 32.5 Å². The van der Waals surface area contributed by atoms with Gasteiger partial charge in [0.2, 0.25) is 0 Å². The van der Waals surface area contributed by atoms with Crippen molar-refractivity contribution in [3.8, 4) is 5.75 Å². The molecule has 2 N–H and O–H groups in total. The van der Waals surface area contributed by atoms with Crippen LogP contribution in [0.15, 0.2) is 23.2 Å². The second-order valence-electron chi connectivity index (χ2n) is 6.83. The van der Waals surface area contributed by atoms with Gasteiger partial charge in [-0.2, -0.15) is 0 Å². The van der Waals surface area contributed by atoms with Gasteiger partial charge in [0.25, 0.3) is 0 Å². The smallest absolute Gasteiger partial charge is 0.349 e. The van der Waals surface area contributed by atoms with E-state index in [1.54, 1.807) is 6.07 Å². The zero-order chi connectivity index (χ0) is 21.0. The number of thiophene rings is 2. The van der Waals surface area contributed by atoms with Crippen LogP contribution >= 0.6 is 45.9 Å². The molecular formula is C20H22Cl2O5S2. The van der Waals surface area contributed by atoms with Crippen LogP contribution in [-0.2, 0) is 24.4 Å². The van der Waals surface area contributed by atoms with Gasteiger partial charge >= 0.3 is 5.97 Å². The highest BCUT2D eigenvalue weighted by molar-refractivity contribution is 7.16. The number of carbonyl (C=O) groups is 1. The van der Waals surface area contributed by atoms with Gasteiger partial charge in [0, 0.05) is 20.4 Å². The Kier molecular flexibility index (Phi) is 8.01. The summed E-state index contributed by atoms with van der Waals surface area (Å²) < 4.78 is 11.6. The number of carboxylic acid groups (broad SMARTS) is 1. The van der Waals surface area contributed by atoms with Crippen LogP contribution in [0.2, 0.25) is 4.34 Å². The molecule has 0 aromatic carbocycles. The predicted octanol–water partition coefficient (Wildman–Crippen LogP) is 5.57. The molecule has 1 aliphatic carbocycles. The molecule has 158 valence electrons. The topological polar surface area (TPSA) is 76.0 Å².